The van der Waals surface area contributed by atoms with Crippen LogP contribution in [0.25, 0.3) is 5.69 Å². The second kappa shape index (κ2) is 8.95. The lowest BCUT2D eigenvalue weighted by Gasteiger charge is -2.08. The molecule has 3 rings (SSSR count). The number of alkyl halides is 2. The number of imidazole rings is 1. The van der Waals surface area contributed by atoms with Gasteiger partial charge in [0.05, 0.1) is 23.6 Å². The van der Waals surface area contributed by atoms with E-state index in [1.165, 1.54) is 12.3 Å². The Balaban J connectivity index is 1.62. The molecule has 1 aromatic carbocycles. The summed E-state index contributed by atoms with van der Waals surface area (Å²) < 4.78 is 46.0. The lowest BCUT2D eigenvalue weighted by atomic mass is 10.2. The van der Waals surface area contributed by atoms with Crippen molar-refractivity contribution >= 4 is 5.69 Å². The van der Waals surface area contributed by atoms with Crippen molar-refractivity contribution in [2.75, 3.05) is 11.9 Å². The molecule has 0 fully saturated rings. The highest BCUT2D eigenvalue weighted by Crippen LogP contribution is 2.25. The van der Waals surface area contributed by atoms with Crippen molar-refractivity contribution in [3.8, 4) is 11.7 Å². The molecule has 0 saturated heterocycles. The fraction of sp³-hybridized carbons (Fsp3) is 0.167. The zero-order valence-corrected chi connectivity index (χ0v) is 15.2. The van der Waals surface area contributed by atoms with Gasteiger partial charge in [-0.3, -0.25) is 0 Å². The molecule has 29 heavy (non-hydrogen) atoms. The zero-order valence-electron chi connectivity index (χ0n) is 15.2. The Labute approximate surface area is 163 Å². The number of ether oxygens (including phenoxy) is 1. The highest BCUT2D eigenvalue weighted by molar-refractivity contribution is 5.49. The highest BCUT2D eigenvalue weighted by Gasteiger charge is 2.13. The van der Waals surface area contributed by atoms with Gasteiger partial charge in [-0.15, -0.1) is 0 Å². The van der Waals surface area contributed by atoms with Crippen molar-refractivity contribution in [3.63, 3.8) is 0 Å². The normalized spacial score (nSPS) is 11.6. The van der Waals surface area contributed by atoms with Gasteiger partial charge in [-0.25, -0.2) is 33.7 Å². The molecule has 0 aliphatic heterocycles. The van der Waals surface area contributed by atoms with Crippen LogP contribution in [0.15, 0.2) is 60.0 Å². The summed E-state index contributed by atoms with van der Waals surface area (Å²) in [7, 11) is 0. The van der Waals surface area contributed by atoms with Gasteiger partial charge in [0.1, 0.15) is 23.9 Å². The molecule has 0 bridgehead atoms. The molecule has 11 heteroatoms. The number of hydrogen-bond donors (Lipinski definition) is 2. The molecule has 0 amide bonds. The van der Waals surface area contributed by atoms with Crippen molar-refractivity contribution < 1.29 is 17.9 Å². The van der Waals surface area contributed by atoms with Crippen LogP contribution >= 0.6 is 0 Å². The second-order valence-corrected chi connectivity index (χ2v) is 5.79. The van der Waals surface area contributed by atoms with E-state index >= 15 is 0 Å². The van der Waals surface area contributed by atoms with E-state index in [-0.39, 0.29) is 24.0 Å². The molecule has 2 heterocycles. The Kier molecular flexibility index (Phi) is 6.17. The second-order valence-electron chi connectivity index (χ2n) is 5.79. The van der Waals surface area contributed by atoms with Crippen LogP contribution in [0.1, 0.15) is 17.8 Å². The summed E-state index contributed by atoms with van der Waals surface area (Å²) in [6.45, 7) is 1.71. The number of rotatable bonds is 8. The molecule has 2 aromatic heterocycles. The van der Waals surface area contributed by atoms with E-state index in [1.54, 1.807) is 29.4 Å². The highest BCUT2D eigenvalue weighted by atomic mass is 19.3. The molecule has 0 radical (unpaired) electrons. The smallest absolute Gasteiger partial charge is 0.316 e. The molecule has 3 aromatic rings. The van der Waals surface area contributed by atoms with E-state index < -0.39 is 17.8 Å². The molecule has 0 unspecified atom stereocenters. The maximum Gasteiger partial charge on any atom is 0.316 e. The summed E-state index contributed by atoms with van der Waals surface area (Å²) in [5.41, 5.74) is 7.55. The first kappa shape index (κ1) is 20.0. The van der Waals surface area contributed by atoms with Crippen LogP contribution in [0.2, 0.25) is 0 Å². The Morgan fingerprint density at radius 1 is 1.31 bits per heavy atom. The number of nitrogens with zero attached hydrogens (tertiary/aromatic N) is 5. The fourth-order valence-corrected chi connectivity index (χ4v) is 2.37. The minimum absolute atomic E-state index is 0.0721. The van der Waals surface area contributed by atoms with Gasteiger partial charge in [0, 0.05) is 24.3 Å². The molecular formula is C18H16F3N7O. The first-order chi connectivity index (χ1) is 14.0. The number of hydrogen-bond acceptors (Lipinski definition) is 7. The molecule has 0 aliphatic carbocycles. The van der Waals surface area contributed by atoms with Gasteiger partial charge in [-0.05, 0) is 25.1 Å². The van der Waals surface area contributed by atoms with Crippen LogP contribution < -0.4 is 10.1 Å². The van der Waals surface area contributed by atoms with Crippen LogP contribution in [0, 0.1) is 18.3 Å². The van der Waals surface area contributed by atoms with Crippen molar-refractivity contribution in [2.45, 2.75) is 13.3 Å². The standard InChI is InChI=1S/C18H16F3N7O/c1-11-23-4-5-28(11)14-8-25-18(26-9-14)29-10-13(27-22)7-24-12-2-3-16(19)15(6-12)17(20)21/h2-9,17,22,24H,10H2,1H3/b13-7-,27-22?. The summed E-state index contributed by atoms with van der Waals surface area (Å²) in [4.78, 5) is 12.3. The van der Waals surface area contributed by atoms with Crippen LogP contribution in [0.3, 0.4) is 0 Å². The number of halogens is 3. The lowest BCUT2D eigenvalue weighted by Crippen LogP contribution is -2.05. The van der Waals surface area contributed by atoms with E-state index in [0.717, 1.165) is 18.0 Å². The number of aromatic nitrogens is 4. The van der Waals surface area contributed by atoms with E-state index in [9.17, 15) is 13.2 Å². The Bertz CT molecular complexity index is 1020. The molecule has 150 valence electrons. The Hall–Kier alpha value is -3.76. The zero-order chi connectivity index (χ0) is 20.8. The quantitative estimate of drug-likeness (QED) is 0.543. The van der Waals surface area contributed by atoms with E-state index in [0.29, 0.717) is 5.69 Å². The Morgan fingerprint density at radius 3 is 2.69 bits per heavy atom. The summed E-state index contributed by atoms with van der Waals surface area (Å²) in [5, 5.41) is 5.98. The maximum absolute atomic E-state index is 13.3. The third kappa shape index (κ3) is 4.94. The number of anilines is 1. The van der Waals surface area contributed by atoms with Crippen LogP contribution in [-0.2, 0) is 0 Å². The monoisotopic (exact) mass is 403 g/mol. The van der Waals surface area contributed by atoms with Gasteiger partial charge in [-0.1, -0.05) is 0 Å². The van der Waals surface area contributed by atoms with Crippen molar-refractivity contribution in [3.05, 3.63) is 72.1 Å². The molecule has 8 nitrogen and oxygen atoms in total. The van der Waals surface area contributed by atoms with Crippen LogP contribution in [-0.4, -0.2) is 26.1 Å². The van der Waals surface area contributed by atoms with Crippen LogP contribution in [0.4, 0.5) is 18.9 Å². The first-order valence-corrected chi connectivity index (χ1v) is 8.33. The number of benzene rings is 1. The molecule has 0 atom stereocenters. The largest absolute Gasteiger partial charge is 0.457 e. The van der Waals surface area contributed by atoms with Crippen molar-refractivity contribution in [1.29, 1.82) is 5.53 Å². The summed E-state index contributed by atoms with van der Waals surface area (Å²) in [6, 6.07) is 3.28. The summed E-state index contributed by atoms with van der Waals surface area (Å²) in [6.07, 6.45) is 4.90. The Morgan fingerprint density at radius 2 is 2.07 bits per heavy atom. The van der Waals surface area contributed by atoms with E-state index in [1.807, 2.05) is 6.92 Å². The molecule has 2 N–H and O–H groups in total. The van der Waals surface area contributed by atoms with E-state index in [2.05, 4.69) is 25.4 Å². The summed E-state index contributed by atoms with van der Waals surface area (Å²) in [5.74, 6) is -0.211. The molecule has 0 saturated carbocycles. The average molecular weight is 403 g/mol. The topological polar surface area (TPSA) is 101 Å². The molecule has 0 aliphatic rings. The SMILES string of the molecule is Cc1nccn1-c1cnc(OC/C(=C/Nc2ccc(F)c(C(F)F)c2)N=N)nc1. The van der Waals surface area contributed by atoms with Gasteiger partial charge in [0.2, 0.25) is 0 Å². The lowest BCUT2D eigenvalue weighted by molar-refractivity contribution is 0.146. The molecular weight excluding hydrogens is 387 g/mol. The third-order valence-electron chi connectivity index (χ3n) is 3.85. The van der Waals surface area contributed by atoms with Gasteiger partial charge < -0.3 is 14.6 Å². The minimum Gasteiger partial charge on any atom is -0.457 e. The predicted molar refractivity (Wildman–Crippen MR) is 97.6 cm³/mol. The number of nitrogens with one attached hydrogen (secondary N) is 2. The van der Waals surface area contributed by atoms with E-state index in [4.69, 9.17) is 10.3 Å². The molecule has 0 spiro atoms. The van der Waals surface area contributed by atoms with Gasteiger partial charge in [0.25, 0.3) is 6.43 Å². The van der Waals surface area contributed by atoms with Gasteiger partial charge in [-0.2, -0.15) is 5.11 Å². The van der Waals surface area contributed by atoms with Crippen molar-refractivity contribution in [1.82, 2.24) is 19.5 Å². The fourth-order valence-electron chi connectivity index (χ4n) is 2.37. The summed E-state index contributed by atoms with van der Waals surface area (Å²) >= 11 is 0. The minimum atomic E-state index is -2.93. The third-order valence-corrected chi connectivity index (χ3v) is 3.85. The predicted octanol–water partition coefficient (Wildman–Crippen LogP) is 4.41. The number of aryl methyl sites for hydroxylation is 1. The maximum atomic E-state index is 13.3. The first-order valence-electron chi connectivity index (χ1n) is 8.33. The van der Waals surface area contributed by atoms with Crippen molar-refractivity contribution in [2.24, 2.45) is 5.11 Å². The van der Waals surface area contributed by atoms with Gasteiger partial charge in [0.15, 0.2) is 0 Å². The van der Waals surface area contributed by atoms with Crippen LogP contribution in [0.5, 0.6) is 6.01 Å². The van der Waals surface area contributed by atoms with Gasteiger partial charge >= 0.3 is 6.01 Å². The average Bonchev–Trinajstić information content (AvgIpc) is 3.15.